The van der Waals surface area contributed by atoms with Gasteiger partial charge in [0, 0.05) is 18.8 Å². The van der Waals surface area contributed by atoms with Crippen molar-refractivity contribution in [2.24, 2.45) is 0 Å². The summed E-state index contributed by atoms with van der Waals surface area (Å²) in [5, 5.41) is 3.65. The molecule has 0 saturated heterocycles. The summed E-state index contributed by atoms with van der Waals surface area (Å²) in [5.74, 6) is 0. The molecule has 0 fully saturated rings. The Labute approximate surface area is 122 Å². The number of aromatic nitrogens is 1. The molecule has 0 radical (unpaired) electrons. The molecular weight excluding hydrogens is 244 g/mol. The van der Waals surface area contributed by atoms with Crippen LogP contribution in [0.1, 0.15) is 49.9 Å². The van der Waals surface area contributed by atoms with Crippen molar-refractivity contribution in [1.82, 2.24) is 10.3 Å². The number of hydrogen-bond acceptors (Lipinski definition) is 2. The van der Waals surface area contributed by atoms with E-state index >= 15 is 0 Å². The van der Waals surface area contributed by atoms with Gasteiger partial charge in [0.25, 0.3) is 0 Å². The molecule has 20 heavy (non-hydrogen) atoms. The summed E-state index contributed by atoms with van der Waals surface area (Å²) in [7, 11) is 0. The first kappa shape index (κ1) is 14.7. The third-order valence-corrected chi connectivity index (χ3v) is 3.55. The van der Waals surface area contributed by atoms with E-state index < -0.39 is 0 Å². The van der Waals surface area contributed by atoms with Crippen molar-refractivity contribution in [2.75, 3.05) is 0 Å². The van der Waals surface area contributed by atoms with Gasteiger partial charge in [0.05, 0.1) is 5.69 Å². The molecule has 0 aliphatic rings. The van der Waals surface area contributed by atoms with E-state index in [0.717, 1.165) is 12.2 Å². The van der Waals surface area contributed by atoms with Crippen LogP contribution >= 0.6 is 0 Å². The minimum Gasteiger partial charge on any atom is -0.304 e. The van der Waals surface area contributed by atoms with Gasteiger partial charge in [-0.15, -0.1) is 0 Å². The second kappa shape index (κ2) is 8.49. The Balaban J connectivity index is 1.95. The lowest BCUT2D eigenvalue weighted by molar-refractivity contribution is 0.470. The molecule has 2 aromatic rings. The Bertz CT molecular complexity index is 467. The van der Waals surface area contributed by atoms with E-state index in [2.05, 4.69) is 53.6 Å². The van der Waals surface area contributed by atoms with Crippen LogP contribution in [0.25, 0.3) is 0 Å². The topological polar surface area (TPSA) is 24.9 Å². The molecule has 1 atom stereocenters. The van der Waals surface area contributed by atoms with Crippen molar-refractivity contribution in [1.29, 1.82) is 0 Å². The lowest BCUT2D eigenvalue weighted by atomic mass is 10.0. The van der Waals surface area contributed by atoms with Crippen molar-refractivity contribution in [2.45, 2.75) is 45.2 Å². The number of benzene rings is 1. The fraction of sp³-hybridized carbons (Fsp3) is 0.389. The van der Waals surface area contributed by atoms with Gasteiger partial charge in [0.2, 0.25) is 0 Å². The molecule has 2 rings (SSSR count). The summed E-state index contributed by atoms with van der Waals surface area (Å²) in [4.78, 5) is 4.38. The number of rotatable bonds is 8. The molecule has 2 nitrogen and oxygen atoms in total. The summed E-state index contributed by atoms with van der Waals surface area (Å²) in [6.07, 6.45) is 6.87. The molecular formula is C18H24N2. The standard InChI is InChI=1S/C18H24N2/c1-2-3-5-13-18(16-10-6-4-7-11-16)20-15-17-12-8-9-14-19-17/h4,6-12,14,18,20H,2-3,5,13,15H2,1H3. The van der Waals surface area contributed by atoms with E-state index in [1.807, 2.05) is 18.3 Å². The normalized spacial score (nSPS) is 12.2. The average Bonchev–Trinajstić information content (AvgIpc) is 2.52. The van der Waals surface area contributed by atoms with Crippen molar-refractivity contribution >= 4 is 0 Å². The number of nitrogens with one attached hydrogen (secondary N) is 1. The van der Waals surface area contributed by atoms with E-state index in [9.17, 15) is 0 Å². The van der Waals surface area contributed by atoms with Crippen molar-refractivity contribution in [3.05, 3.63) is 66.0 Å². The molecule has 1 aromatic heterocycles. The SMILES string of the molecule is CCCCCC(NCc1ccccn1)c1ccccc1. The van der Waals surface area contributed by atoms with Gasteiger partial charge in [-0.05, 0) is 24.1 Å². The largest absolute Gasteiger partial charge is 0.304 e. The zero-order valence-corrected chi connectivity index (χ0v) is 12.3. The van der Waals surface area contributed by atoms with Gasteiger partial charge in [-0.2, -0.15) is 0 Å². The summed E-state index contributed by atoms with van der Waals surface area (Å²) < 4.78 is 0. The van der Waals surface area contributed by atoms with E-state index in [1.54, 1.807) is 0 Å². The number of nitrogens with zero attached hydrogens (tertiary/aromatic N) is 1. The predicted molar refractivity (Wildman–Crippen MR) is 84.4 cm³/mol. The highest BCUT2D eigenvalue weighted by molar-refractivity contribution is 5.19. The molecule has 0 bridgehead atoms. The summed E-state index contributed by atoms with van der Waals surface area (Å²) in [6, 6.07) is 17.2. The summed E-state index contributed by atoms with van der Waals surface area (Å²) >= 11 is 0. The molecule has 0 amide bonds. The van der Waals surface area contributed by atoms with Crippen LogP contribution in [0.3, 0.4) is 0 Å². The Kier molecular flexibility index (Phi) is 6.25. The van der Waals surface area contributed by atoms with Gasteiger partial charge in [-0.3, -0.25) is 4.98 Å². The van der Waals surface area contributed by atoms with Gasteiger partial charge in [0.1, 0.15) is 0 Å². The van der Waals surface area contributed by atoms with Crippen LogP contribution < -0.4 is 5.32 Å². The van der Waals surface area contributed by atoms with Crippen LogP contribution in [-0.2, 0) is 6.54 Å². The molecule has 1 N–H and O–H groups in total. The first-order chi connectivity index (χ1) is 9.90. The van der Waals surface area contributed by atoms with Crippen LogP contribution in [0.4, 0.5) is 0 Å². The van der Waals surface area contributed by atoms with Crippen molar-refractivity contribution in [3.8, 4) is 0 Å². The van der Waals surface area contributed by atoms with Gasteiger partial charge < -0.3 is 5.32 Å². The Morgan fingerprint density at radius 2 is 1.80 bits per heavy atom. The number of unbranched alkanes of at least 4 members (excludes halogenated alkanes) is 2. The first-order valence-corrected chi connectivity index (χ1v) is 7.58. The van der Waals surface area contributed by atoms with E-state index in [4.69, 9.17) is 0 Å². The predicted octanol–water partition coefficient (Wildman–Crippen LogP) is 4.49. The zero-order valence-electron chi connectivity index (χ0n) is 12.3. The summed E-state index contributed by atoms with van der Waals surface area (Å²) in [6.45, 7) is 3.07. The smallest absolute Gasteiger partial charge is 0.0541 e. The summed E-state index contributed by atoms with van der Waals surface area (Å²) in [5.41, 5.74) is 2.48. The van der Waals surface area contributed by atoms with Crippen LogP contribution in [0.2, 0.25) is 0 Å². The number of hydrogen-bond donors (Lipinski definition) is 1. The van der Waals surface area contributed by atoms with Crippen molar-refractivity contribution < 1.29 is 0 Å². The molecule has 1 unspecified atom stereocenters. The monoisotopic (exact) mass is 268 g/mol. The molecule has 0 aliphatic heterocycles. The third-order valence-electron chi connectivity index (χ3n) is 3.55. The molecule has 0 saturated carbocycles. The minimum atomic E-state index is 0.421. The Morgan fingerprint density at radius 3 is 2.50 bits per heavy atom. The second-order valence-electron chi connectivity index (χ2n) is 5.16. The van der Waals surface area contributed by atoms with Gasteiger partial charge in [0.15, 0.2) is 0 Å². The molecule has 2 heteroatoms. The van der Waals surface area contributed by atoms with E-state index in [1.165, 1.54) is 31.2 Å². The van der Waals surface area contributed by atoms with Crippen LogP contribution in [0.5, 0.6) is 0 Å². The third kappa shape index (κ3) is 4.78. The maximum Gasteiger partial charge on any atom is 0.0541 e. The highest BCUT2D eigenvalue weighted by Gasteiger charge is 2.10. The van der Waals surface area contributed by atoms with E-state index in [-0.39, 0.29) is 0 Å². The van der Waals surface area contributed by atoms with Crippen molar-refractivity contribution in [3.63, 3.8) is 0 Å². The molecule has 0 aliphatic carbocycles. The average molecular weight is 268 g/mol. The Hall–Kier alpha value is -1.67. The fourth-order valence-electron chi connectivity index (χ4n) is 2.40. The van der Waals surface area contributed by atoms with E-state index in [0.29, 0.717) is 6.04 Å². The van der Waals surface area contributed by atoms with Gasteiger partial charge >= 0.3 is 0 Å². The lowest BCUT2D eigenvalue weighted by Crippen LogP contribution is -2.21. The minimum absolute atomic E-state index is 0.421. The van der Waals surface area contributed by atoms with Crippen LogP contribution in [-0.4, -0.2) is 4.98 Å². The van der Waals surface area contributed by atoms with Crippen LogP contribution in [0.15, 0.2) is 54.7 Å². The number of pyridine rings is 1. The molecule has 1 aromatic carbocycles. The molecule has 106 valence electrons. The molecule has 1 heterocycles. The van der Waals surface area contributed by atoms with Gasteiger partial charge in [-0.1, -0.05) is 62.6 Å². The second-order valence-corrected chi connectivity index (χ2v) is 5.16. The fourth-order valence-corrected chi connectivity index (χ4v) is 2.40. The molecule has 0 spiro atoms. The quantitative estimate of drug-likeness (QED) is 0.713. The maximum atomic E-state index is 4.38. The first-order valence-electron chi connectivity index (χ1n) is 7.58. The Morgan fingerprint density at radius 1 is 1.00 bits per heavy atom. The maximum absolute atomic E-state index is 4.38. The highest BCUT2D eigenvalue weighted by Crippen LogP contribution is 2.20. The zero-order chi connectivity index (χ0) is 14.0. The lowest BCUT2D eigenvalue weighted by Gasteiger charge is -2.19. The van der Waals surface area contributed by atoms with Crippen LogP contribution in [0, 0.1) is 0 Å². The van der Waals surface area contributed by atoms with Gasteiger partial charge in [-0.25, -0.2) is 0 Å². The highest BCUT2D eigenvalue weighted by atomic mass is 14.9.